The molecule has 4 rings (SSSR count). The van der Waals surface area contributed by atoms with Crippen LogP contribution < -0.4 is 4.72 Å². The van der Waals surface area contributed by atoms with Gasteiger partial charge in [-0.2, -0.15) is 4.98 Å². The lowest BCUT2D eigenvalue weighted by atomic mass is 9.97. The minimum atomic E-state index is -3.50. The summed E-state index contributed by atoms with van der Waals surface area (Å²) in [5, 5.41) is 6.10. The summed E-state index contributed by atoms with van der Waals surface area (Å²) in [7, 11) is -3.50. The van der Waals surface area contributed by atoms with E-state index in [1.54, 1.807) is 23.5 Å². The molecule has 9 heteroatoms. The molecular formula is C21H26N4O3S2. The number of aryl methyl sites for hydroxylation is 1. The first-order valence-corrected chi connectivity index (χ1v) is 12.5. The van der Waals surface area contributed by atoms with Crippen molar-refractivity contribution in [2.45, 2.75) is 37.6 Å². The highest BCUT2D eigenvalue weighted by Gasteiger charge is 2.28. The Balaban J connectivity index is 1.36. The van der Waals surface area contributed by atoms with E-state index in [0.717, 1.165) is 36.4 Å². The van der Waals surface area contributed by atoms with E-state index in [1.807, 2.05) is 36.6 Å². The molecule has 160 valence electrons. The van der Waals surface area contributed by atoms with Crippen LogP contribution in [0, 0.1) is 12.8 Å². The van der Waals surface area contributed by atoms with Crippen LogP contribution in [0.3, 0.4) is 0 Å². The van der Waals surface area contributed by atoms with Gasteiger partial charge in [0.2, 0.25) is 21.7 Å². The van der Waals surface area contributed by atoms with Gasteiger partial charge in [-0.15, -0.1) is 11.3 Å². The summed E-state index contributed by atoms with van der Waals surface area (Å²) in [6, 6.07) is 10.8. The summed E-state index contributed by atoms with van der Waals surface area (Å²) in [5.41, 5.74) is 1.04. The van der Waals surface area contributed by atoms with Crippen molar-refractivity contribution in [2.24, 2.45) is 5.92 Å². The van der Waals surface area contributed by atoms with Gasteiger partial charge in [-0.3, -0.25) is 4.90 Å². The van der Waals surface area contributed by atoms with Gasteiger partial charge >= 0.3 is 0 Å². The maximum Gasteiger partial charge on any atom is 0.244 e. The highest BCUT2D eigenvalue weighted by Crippen LogP contribution is 2.28. The second-order valence-corrected chi connectivity index (χ2v) is 10.5. The molecule has 0 amide bonds. The molecule has 0 spiro atoms. The van der Waals surface area contributed by atoms with E-state index in [1.165, 1.54) is 0 Å². The number of sulfonamides is 1. The highest BCUT2D eigenvalue weighted by atomic mass is 32.2. The number of nitrogens with one attached hydrogen (secondary N) is 1. The molecule has 30 heavy (non-hydrogen) atoms. The maximum absolute atomic E-state index is 12.6. The summed E-state index contributed by atoms with van der Waals surface area (Å²) in [6.07, 6.45) is 2.00. The number of hydrogen-bond acceptors (Lipinski definition) is 7. The average Bonchev–Trinajstić information content (AvgIpc) is 3.44. The fraction of sp³-hybridized carbons (Fsp3) is 0.429. The molecule has 0 aliphatic carbocycles. The molecule has 2 atom stereocenters. The lowest BCUT2D eigenvalue weighted by molar-refractivity contribution is 0.112. The number of piperidine rings is 1. The standard InChI is InChI=1S/C21H26N4O3S2/c1-15-7-9-18(10-8-15)30(26,27)22-13-17-5-3-11-25(14-17)16(2)21-23-20(24-28-21)19-6-4-12-29-19/h4,6-10,12,16-17,22H,3,5,11,13-14H2,1-2H3/t16-,17-/m0/s1. The van der Waals surface area contributed by atoms with Gasteiger partial charge in [0.05, 0.1) is 15.8 Å². The van der Waals surface area contributed by atoms with Crippen molar-refractivity contribution < 1.29 is 12.9 Å². The molecule has 0 bridgehead atoms. The zero-order chi connectivity index (χ0) is 21.1. The number of aromatic nitrogens is 2. The van der Waals surface area contributed by atoms with E-state index < -0.39 is 10.0 Å². The summed E-state index contributed by atoms with van der Waals surface area (Å²) in [5.74, 6) is 1.45. The minimum absolute atomic E-state index is 0.0114. The van der Waals surface area contributed by atoms with Crippen LogP contribution in [0.2, 0.25) is 0 Å². The molecule has 2 aromatic heterocycles. The maximum atomic E-state index is 12.6. The second-order valence-electron chi connectivity index (χ2n) is 7.78. The Morgan fingerprint density at radius 1 is 1.30 bits per heavy atom. The zero-order valence-corrected chi connectivity index (χ0v) is 18.7. The summed E-state index contributed by atoms with van der Waals surface area (Å²) in [6.45, 7) is 6.13. The normalized spacial score (nSPS) is 19.1. The minimum Gasteiger partial charge on any atom is -0.337 e. The predicted molar refractivity (Wildman–Crippen MR) is 117 cm³/mol. The third-order valence-corrected chi connectivity index (χ3v) is 7.84. The topological polar surface area (TPSA) is 88.3 Å². The van der Waals surface area contributed by atoms with Crippen LogP contribution in [0.25, 0.3) is 10.7 Å². The number of benzene rings is 1. The molecule has 1 saturated heterocycles. The van der Waals surface area contributed by atoms with Gasteiger partial charge in [-0.05, 0) is 62.7 Å². The fourth-order valence-electron chi connectivity index (χ4n) is 3.71. The molecule has 0 saturated carbocycles. The molecule has 1 aliphatic rings. The highest BCUT2D eigenvalue weighted by molar-refractivity contribution is 7.89. The van der Waals surface area contributed by atoms with Gasteiger partial charge in [0, 0.05) is 13.1 Å². The monoisotopic (exact) mass is 446 g/mol. The van der Waals surface area contributed by atoms with Gasteiger partial charge in [0.15, 0.2) is 0 Å². The number of hydrogen-bond donors (Lipinski definition) is 1. The SMILES string of the molecule is Cc1ccc(S(=O)(=O)NC[C@@H]2CCCN([C@@H](C)c3nc(-c4cccs4)no3)C2)cc1. The Kier molecular flexibility index (Phi) is 6.33. The number of rotatable bonds is 7. The van der Waals surface area contributed by atoms with Crippen molar-refractivity contribution >= 4 is 21.4 Å². The van der Waals surface area contributed by atoms with Crippen molar-refractivity contribution in [3.63, 3.8) is 0 Å². The van der Waals surface area contributed by atoms with E-state index in [0.29, 0.717) is 23.2 Å². The van der Waals surface area contributed by atoms with Crippen molar-refractivity contribution in [3.8, 4) is 10.7 Å². The Labute approximate surface area is 181 Å². The van der Waals surface area contributed by atoms with Crippen LogP contribution in [-0.4, -0.2) is 43.1 Å². The average molecular weight is 447 g/mol. The smallest absolute Gasteiger partial charge is 0.244 e. The number of likely N-dealkylation sites (tertiary alicyclic amines) is 1. The van der Waals surface area contributed by atoms with Crippen molar-refractivity contribution in [1.29, 1.82) is 0 Å². The quantitative estimate of drug-likeness (QED) is 0.593. The first-order chi connectivity index (χ1) is 14.4. The van der Waals surface area contributed by atoms with Gasteiger partial charge < -0.3 is 4.52 Å². The van der Waals surface area contributed by atoms with Crippen molar-refractivity contribution in [1.82, 2.24) is 19.8 Å². The third-order valence-electron chi connectivity index (χ3n) is 5.53. The van der Waals surface area contributed by atoms with E-state index in [4.69, 9.17) is 4.52 Å². The molecule has 0 unspecified atom stereocenters. The van der Waals surface area contributed by atoms with Crippen molar-refractivity contribution in [3.05, 3.63) is 53.2 Å². The molecular weight excluding hydrogens is 420 g/mol. The largest absolute Gasteiger partial charge is 0.337 e. The van der Waals surface area contributed by atoms with Crippen LogP contribution in [-0.2, 0) is 10.0 Å². The van der Waals surface area contributed by atoms with Crippen LogP contribution >= 0.6 is 11.3 Å². The second kappa shape index (κ2) is 8.97. The van der Waals surface area contributed by atoms with Gasteiger partial charge in [-0.25, -0.2) is 13.1 Å². The lowest BCUT2D eigenvalue weighted by Crippen LogP contribution is -2.42. The summed E-state index contributed by atoms with van der Waals surface area (Å²) in [4.78, 5) is 8.15. The molecule has 1 N–H and O–H groups in total. The Morgan fingerprint density at radius 2 is 2.10 bits per heavy atom. The number of thiophene rings is 1. The molecule has 1 fully saturated rings. The Bertz CT molecular complexity index is 1060. The fourth-order valence-corrected chi connectivity index (χ4v) is 5.48. The van der Waals surface area contributed by atoms with E-state index >= 15 is 0 Å². The third kappa shape index (κ3) is 4.80. The molecule has 0 radical (unpaired) electrons. The van der Waals surface area contributed by atoms with Crippen LogP contribution in [0.1, 0.15) is 37.3 Å². The lowest BCUT2D eigenvalue weighted by Gasteiger charge is -2.35. The molecule has 7 nitrogen and oxygen atoms in total. The summed E-state index contributed by atoms with van der Waals surface area (Å²) < 4.78 is 33.5. The Morgan fingerprint density at radius 3 is 2.83 bits per heavy atom. The van der Waals surface area contributed by atoms with Gasteiger partial charge in [0.25, 0.3) is 0 Å². The molecule has 3 heterocycles. The van der Waals surface area contributed by atoms with Gasteiger partial charge in [-0.1, -0.05) is 28.9 Å². The van der Waals surface area contributed by atoms with E-state index in [2.05, 4.69) is 26.7 Å². The summed E-state index contributed by atoms with van der Waals surface area (Å²) >= 11 is 1.58. The zero-order valence-electron chi connectivity index (χ0n) is 17.1. The van der Waals surface area contributed by atoms with Crippen LogP contribution in [0.15, 0.2) is 51.2 Å². The first kappa shape index (κ1) is 21.2. The van der Waals surface area contributed by atoms with Crippen LogP contribution in [0.4, 0.5) is 0 Å². The van der Waals surface area contributed by atoms with E-state index in [-0.39, 0.29) is 12.0 Å². The molecule has 1 aromatic carbocycles. The van der Waals surface area contributed by atoms with Crippen molar-refractivity contribution in [2.75, 3.05) is 19.6 Å². The molecule has 3 aromatic rings. The predicted octanol–water partition coefficient (Wildman–Crippen LogP) is 3.86. The van der Waals surface area contributed by atoms with Gasteiger partial charge in [0.1, 0.15) is 0 Å². The first-order valence-electron chi connectivity index (χ1n) is 10.1. The molecule has 1 aliphatic heterocycles. The van der Waals surface area contributed by atoms with E-state index in [9.17, 15) is 8.42 Å². The Hall–Kier alpha value is -2.07. The number of nitrogens with zero attached hydrogens (tertiary/aromatic N) is 3. The van der Waals surface area contributed by atoms with Crippen LogP contribution in [0.5, 0.6) is 0 Å².